The lowest BCUT2D eigenvalue weighted by Gasteiger charge is -2.10. The Kier molecular flexibility index (Phi) is 5.21. The van der Waals surface area contributed by atoms with E-state index in [4.69, 9.17) is 22.1 Å². The Balaban J connectivity index is 2.26. The van der Waals surface area contributed by atoms with Crippen LogP contribution in [0, 0.1) is 4.91 Å². The second kappa shape index (κ2) is 7.32. The lowest BCUT2D eigenvalue weighted by molar-refractivity contribution is -0.113. The summed E-state index contributed by atoms with van der Waals surface area (Å²) >= 11 is 5.39. The summed E-state index contributed by atoms with van der Waals surface area (Å²) < 4.78 is 5.44. The summed E-state index contributed by atoms with van der Waals surface area (Å²) in [4.78, 5) is 29.9. The summed E-state index contributed by atoms with van der Waals surface area (Å²) in [5.74, 6) is -1.28. The molecule has 8 nitrogen and oxygen atoms in total. The second-order valence-corrected chi connectivity index (χ2v) is 4.40. The number of nitroso groups, excluding NO2 is 1. The summed E-state index contributed by atoms with van der Waals surface area (Å²) in [5.41, 5.74) is 6.16. The summed E-state index contributed by atoms with van der Waals surface area (Å²) in [6, 6.07) is 9.24. The van der Waals surface area contributed by atoms with Crippen LogP contribution in [0.4, 0.5) is 17.5 Å². The highest BCUT2D eigenvalue weighted by Crippen LogP contribution is 2.33. The lowest BCUT2D eigenvalue weighted by atomic mass is 10.2. The van der Waals surface area contributed by atoms with Gasteiger partial charge in [0.05, 0.1) is 0 Å². The van der Waals surface area contributed by atoms with E-state index in [0.717, 1.165) is 5.56 Å². The molecule has 0 aliphatic rings. The Bertz CT molecular complexity index is 681. The van der Waals surface area contributed by atoms with E-state index in [1.165, 1.54) is 0 Å². The van der Waals surface area contributed by atoms with Gasteiger partial charge in [-0.2, -0.15) is 9.97 Å². The predicted octanol–water partition coefficient (Wildman–Crippen LogP) is 2.21. The average molecular weight is 322 g/mol. The lowest BCUT2D eigenvalue weighted by Crippen LogP contribution is -2.15. The van der Waals surface area contributed by atoms with E-state index >= 15 is 0 Å². The van der Waals surface area contributed by atoms with Crippen molar-refractivity contribution in [2.75, 3.05) is 16.9 Å². The number of alkyl halides is 1. The first kappa shape index (κ1) is 15.6. The monoisotopic (exact) mass is 321 g/mol. The molecule has 1 amide bonds. The summed E-state index contributed by atoms with van der Waals surface area (Å²) in [6.45, 7) is 0.155. The molecule has 0 unspecified atom stereocenters. The number of hydrogen-bond donors (Lipinski definition) is 2. The fourth-order valence-corrected chi connectivity index (χ4v) is 1.68. The van der Waals surface area contributed by atoms with Crippen molar-refractivity contribution in [1.29, 1.82) is 0 Å². The van der Waals surface area contributed by atoms with Gasteiger partial charge in [-0.05, 0) is 10.7 Å². The fourth-order valence-electron chi connectivity index (χ4n) is 1.61. The molecule has 0 aliphatic heterocycles. The van der Waals surface area contributed by atoms with Crippen molar-refractivity contribution in [2.24, 2.45) is 5.18 Å². The predicted molar refractivity (Wildman–Crippen MR) is 82.0 cm³/mol. The highest BCUT2D eigenvalue weighted by molar-refractivity contribution is 6.29. The van der Waals surface area contributed by atoms with Crippen LogP contribution in [0.3, 0.4) is 0 Å². The van der Waals surface area contributed by atoms with E-state index < -0.39 is 5.91 Å². The van der Waals surface area contributed by atoms with Crippen LogP contribution >= 0.6 is 11.6 Å². The molecule has 2 aromatic rings. The zero-order valence-electron chi connectivity index (χ0n) is 11.3. The minimum Gasteiger partial charge on any atom is -0.471 e. The molecule has 0 saturated carbocycles. The standard InChI is InChI=1S/C13H12ClN5O3/c14-6-9(20)16-11-10(19-21)12(18-13(15)17-11)22-7-8-4-2-1-3-5-8/h1-5H,6-7H2,(H3,15,16,17,18,20). The molecule has 1 aromatic carbocycles. The third kappa shape index (κ3) is 3.89. The number of halogens is 1. The van der Waals surface area contributed by atoms with Gasteiger partial charge < -0.3 is 15.8 Å². The van der Waals surface area contributed by atoms with Crippen LogP contribution in [0.25, 0.3) is 0 Å². The molecule has 0 aliphatic carbocycles. The van der Waals surface area contributed by atoms with Crippen molar-refractivity contribution in [3.8, 4) is 5.88 Å². The third-order valence-electron chi connectivity index (χ3n) is 2.56. The quantitative estimate of drug-likeness (QED) is 0.621. The van der Waals surface area contributed by atoms with Gasteiger partial charge in [-0.25, -0.2) is 0 Å². The zero-order chi connectivity index (χ0) is 15.9. The normalized spacial score (nSPS) is 10.0. The minimum atomic E-state index is -0.557. The molecule has 22 heavy (non-hydrogen) atoms. The van der Waals surface area contributed by atoms with E-state index in [9.17, 15) is 9.70 Å². The smallest absolute Gasteiger partial charge is 0.251 e. The van der Waals surface area contributed by atoms with Gasteiger partial charge in [0.1, 0.15) is 12.5 Å². The molecule has 2 rings (SSSR count). The van der Waals surface area contributed by atoms with Crippen LogP contribution in [0.15, 0.2) is 35.5 Å². The highest BCUT2D eigenvalue weighted by atomic mass is 35.5. The number of benzene rings is 1. The number of carbonyl (C=O) groups is 1. The van der Waals surface area contributed by atoms with E-state index in [0.29, 0.717) is 0 Å². The van der Waals surface area contributed by atoms with Crippen LogP contribution in [0.1, 0.15) is 5.56 Å². The molecule has 1 aromatic heterocycles. The van der Waals surface area contributed by atoms with Crippen LogP contribution < -0.4 is 15.8 Å². The molecule has 3 N–H and O–H groups in total. The molecule has 0 spiro atoms. The topological polar surface area (TPSA) is 120 Å². The summed E-state index contributed by atoms with van der Waals surface area (Å²) in [7, 11) is 0. The van der Waals surface area contributed by atoms with E-state index in [2.05, 4.69) is 20.5 Å². The number of anilines is 2. The summed E-state index contributed by atoms with van der Waals surface area (Å²) in [5, 5.41) is 5.11. The summed E-state index contributed by atoms with van der Waals surface area (Å²) in [6.07, 6.45) is 0. The SMILES string of the molecule is Nc1nc(NC(=O)CCl)c(N=O)c(OCc2ccccc2)n1. The van der Waals surface area contributed by atoms with Crippen molar-refractivity contribution in [2.45, 2.75) is 6.61 Å². The Morgan fingerprint density at radius 3 is 2.68 bits per heavy atom. The maximum atomic E-state index is 11.3. The van der Waals surface area contributed by atoms with Gasteiger partial charge >= 0.3 is 0 Å². The number of ether oxygens (including phenoxy) is 1. The van der Waals surface area contributed by atoms with Gasteiger partial charge in [0.25, 0.3) is 5.88 Å². The molecule has 1 heterocycles. The fraction of sp³-hybridized carbons (Fsp3) is 0.154. The Morgan fingerprint density at radius 2 is 2.05 bits per heavy atom. The number of nitrogens with two attached hydrogens (primary N) is 1. The second-order valence-electron chi connectivity index (χ2n) is 4.13. The van der Waals surface area contributed by atoms with Gasteiger partial charge in [-0.1, -0.05) is 30.3 Å². The van der Waals surface area contributed by atoms with Crippen molar-refractivity contribution < 1.29 is 9.53 Å². The van der Waals surface area contributed by atoms with Crippen molar-refractivity contribution in [3.63, 3.8) is 0 Å². The first-order valence-corrected chi connectivity index (χ1v) is 6.71. The van der Waals surface area contributed by atoms with Crippen molar-refractivity contribution in [1.82, 2.24) is 9.97 Å². The Labute approximate surface area is 130 Å². The number of nitrogens with zero attached hydrogens (tertiary/aromatic N) is 3. The van der Waals surface area contributed by atoms with E-state index in [-0.39, 0.29) is 35.8 Å². The van der Waals surface area contributed by atoms with E-state index in [1.54, 1.807) is 0 Å². The number of aromatic nitrogens is 2. The number of hydrogen-bond acceptors (Lipinski definition) is 7. The number of nitrogens with one attached hydrogen (secondary N) is 1. The Hall–Kier alpha value is -2.74. The largest absolute Gasteiger partial charge is 0.471 e. The van der Waals surface area contributed by atoms with Crippen LogP contribution in [0.2, 0.25) is 0 Å². The van der Waals surface area contributed by atoms with Gasteiger partial charge in [0, 0.05) is 0 Å². The maximum Gasteiger partial charge on any atom is 0.251 e. The number of carbonyl (C=O) groups excluding carboxylic acids is 1. The Morgan fingerprint density at radius 1 is 1.32 bits per heavy atom. The van der Waals surface area contributed by atoms with Gasteiger partial charge in [-0.15, -0.1) is 16.5 Å². The van der Waals surface area contributed by atoms with Crippen molar-refractivity contribution >= 4 is 35.0 Å². The van der Waals surface area contributed by atoms with Gasteiger partial charge in [-0.3, -0.25) is 4.79 Å². The molecule has 0 saturated heterocycles. The average Bonchev–Trinajstić information content (AvgIpc) is 2.53. The van der Waals surface area contributed by atoms with Gasteiger partial charge in [0.2, 0.25) is 17.5 Å². The molecule has 0 fully saturated rings. The van der Waals surface area contributed by atoms with Crippen LogP contribution in [-0.2, 0) is 11.4 Å². The minimum absolute atomic E-state index is 0.115. The first-order valence-electron chi connectivity index (χ1n) is 6.17. The third-order valence-corrected chi connectivity index (χ3v) is 2.80. The molecule has 114 valence electrons. The molecule has 0 radical (unpaired) electrons. The first-order chi connectivity index (χ1) is 10.6. The van der Waals surface area contributed by atoms with Crippen LogP contribution in [0.5, 0.6) is 5.88 Å². The molecular formula is C13H12ClN5O3. The molecule has 9 heteroatoms. The van der Waals surface area contributed by atoms with Gasteiger partial charge in [0.15, 0.2) is 5.82 Å². The molecule has 0 atom stereocenters. The number of rotatable bonds is 6. The highest BCUT2D eigenvalue weighted by Gasteiger charge is 2.18. The number of nitrogen functional groups attached to an aromatic ring is 1. The van der Waals surface area contributed by atoms with Crippen molar-refractivity contribution in [3.05, 3.63) is 40.8 Å². The molecular weight excluding hydrogens is 310 g/mol. The van der Waals surface area contributed by atoms with Crippen LogP contribution in [-0.4, -0.2) is 21.8 Å². The maximum absolute atomic E-state index is 11.3. The zero-order valence-corrected chi connectivity index (χ0v) is 12.1. The molecule has 0 bridgehead atoms. The van der Waals surface area contributed by atoms with E-state index in [1.807, 2.05) is 30.3 Å². The number of amides is 1.